The van der Waals surface area contributed by atoms with Crippen LogP contribution < -0.4 is 0 Å². The van der Waals surface area contributed by atoms with E-state index in [4.69, 9.17) is 33.2 Å². The highest BCUT2D eigenvalue weighted by atomic mass is 16.8. The molecule has 0 radical (unpaired) electrons. The monoisotopic (exact) mass is 1120 g/mol. The van der Waals surface area contributed by atoms with E-state index < -0.39 is 184 Å². The Kier molecular flexibility index (Phi) is 19.1. The quantitative estimate of drug-likeness (QED) is 0.0666. The van der Waals surface area contributed by atoms with Gasteiger partial charge in [-0.25, -0.2) is 0 Å². The maximum atomic E-state index is 12.7. The Balaban J connectivity index is 0.987. The van der Waals surface area contributed by atoms with Crippen LogP contribution in [0, 0.1) is 51.2 Å². The summed E-state index contributed by atoms with van der Waals surface area (Å²) in [6.45, 7) is 13.9. The Morgan fingerprint density at radius 2 is 1.19 bits per heavy atom. The zero-order valence-corrected chi connectivity index (χ0v) is 46.4. The summed E-state index contributed by atoms with van der Waals surface area (Å²) in [6.07, 6.45) is -24.8. The number of hydrogen-bond acceptors (Lipinski definition) is 23. The summed E-state index contributed by atoms with van der Waals surface area (Å²) >= 11 is 0. The molecule has 23 heteroatoms. The topological polar surface area (TPSA) is 388 Å². The Hall–Kier alpha value is -1.18. The highest BCUT2D eigenvalue weighted by molar-refractivity contribution is 5.32. The lowest BCUT2D eigenvalue weighted by Gasteiger charge is -2.67. The Morgan fingerprint density at radius 3 is 1.77 bits per heavy atom. The summed E-state index contributed by atoms with van der Waals surface area (Å²) in [7, 11) is 0. The molecule has 4 saturated carbocycles. The van der Waals surface area contributed by atoms with Gasteiger partial charge in [-0.05, 0) is 106 Å². The zero-order chi connectivity index (χ0) is 57.5. The van der Waals surface area contributed by atoms with Crippen LogP contribution in [0.25, 0.3) is 0 Å². The van der Waals surface area contributed by atoms with Crippen LogP contribution in [-0.2, 0) is 33.2 Å². The molecule has 0 spiro atoms. The van der Waals surface area contributed by atoms with Crippen LogP contribution in [-0.4, -0.2) is 249 Å². The molecular formula is C55H94O23. The second-order valence-corrected chi connectivity index (χ2v) is 26.4. The predicted molar refractivity (Wildman–Crippen MR) is 271 cm³/mol. The van der Waals surface area contributed by atoms with Crippen molar-refractivity contribution in [2.24, 2.45) is 51.2 Å². The van der Waals surface area contributed by atoms with Gasteiger partial charge in [0.2, 0.25) is 0 Å². The summed E-state index contributed by atoms with van der Waals surface area (Å²) in [5, 5.41) is 173. The number of aliphatic hydroxyl groups excluding tert-OH is 15. The van der Waals surface area contributed by atoms with Crippen molar-refractivity contribution in [1.29, 1.82) is 0 Å². The fourth-order valence-electron chi connectivity index (χ4n) is 16.1. The molecule has 3 heterocycles. The van der Waals surface area contributed by atoms with Crippen molar-refractivity contribution in [1.82, 2.24) is 0 Å². The van der Waals surface area contributed by atoms with Crippen LogP contribution in [0.2, 0.25) is 0 Å². The molecule has 5 aliphatic carbocycles. The molecule has 16 N–H and O–H groups in total. The molecule has 0 aromatic heterocycles. The highest BCUT2D eigenvalue weighted by Gasteiger charge is 2.70. The van der Waals surface area contributed by atoms with E-state index in [1.54, 1.807) is 13.8 Å². The van der Waals surface area contributed by atoms with Gasteiger partial charge in [-0.2, -0.15) is 0 Å². The first-order valence-corrected chi connectivity index (χ1v) is 28.4. The van der Waals surface area contributed by atoms with Crippen molar-refractivity contribution in [3.63, 3.8) is 0 Å². The van der Waals surface area contributed by atoms with E-state index in [0.717, 1.165) is 18.4 Å². The summed E-state index contributed by atoms with van der Waals surface area (Å²) < 4.78 is 42.6. The summed E-state index contributed by atoms with van der Waals surface area (Å²) in [4.78, 5) is 0. The minimum absolute atomic E-state index is 0.0131. The fourth-order valence-corrected chi connectivity index (χ4v) is 16.1. The molecular weight excluding hydrogens is 1030 g/mol. The number of rotatable bonds is 17. The molecule has 78 heavy (non-hydrogen) atoms. The highest BCUT2D eigenvalue weighted by Crippen LogP contribution is 2.75. The lowest BCUT2D eigenvalue weighted by Crippen LogP contribution is -2.65. The molecule has 0 amide bonds. The van der Waals surface area contributed by atoms with Crippen LogP contribution in [0.1, 0.15) is 113 Å². The van der Waals surface area contributed by atoms with Gasteiger partial charge in [0, 0.05) is 23.4 Å². The van der Waals surface area contributed by atoms with Gasteiger partial charge in [0.05, 0.1) is 55.9 Å². The smallest absolute Gasteiger partial charge is 0.187 e. The van der Waals surface area contributed by atoms with Crippen molar-refractivity contribution >= 4 is 0 Å². The SMILES string of the molecule is C[C@H](CC[C@@H](OC1OC(CO[C@@H]2C[C@H](CO)[C@@H](O)[C@H](O)[C@H]2O)[C@@H](O)[C@H](O)[C@H]1O[C@@H]1O[C@H](CO)[C@@H](O)[C@H](O)[C@H]1O)C(C)(C)O)[C@H]1CC[C@@]2(C)[C@@H]3CC=C4[C@@H](CC[C@H](O[C@@H]5O[C@H](CO)[C@@H](O)[C@H](O)[C@H]5O)C4(C)C)[C@]3(C)[C@H](O)C[C@]12C. The van der Waals surface area contributed by atoms with Crippen molar-refractivity contribution < 1.29 is 115 Å². The van der Waals surface area contributed by atoms with Gasteiger partial charge in [-0.3, -0.25) is 0 Å². The van der Waals surface area contributed by atoms with E-state index in [0.29, 0.717) is 32.1 Å². The third kappa shape index (κ3) is 11.0. The van der Waals surface area contributed by atoms with E-state index >= 15 is 0 Å². The molecule has 7 fully saturated rings. The zero-order valence-electron chi connectivity index (χ0n) is 46.4. The second-order valence-electron chi connectivity index (χ2n) is 26.4. The number of aliphatic hydroxyl groups is 16. The van der Waals surface area contributed by atoms with Crippen LogP contribution in [0.4, 0.5) is 0 Å². The van der Waals surface area contributed by atoms with Gasteiger partial charge in [-0.15, -0.1) is 0 Å². The van der Waals surface area contributed by atoms with E-state index in [1.807, 2.05) is 0 Å². The van der Waals surface area contributed by atoms with Crippen LogP contribution in [0.3, 0.4) is 0 Å². The Bertz CT molecular complexity index is 2020. The molecule has 8 rings (SSSR count). The minimum atomic E-state index is -1.91. The maximum absolute atomic E-state index is 12.7. The van der Waals surface area contributed by atoms with Crippen LogP contribution in [0.15, 0.2) is 11.6 Å². The minimum Gasteiger partial charge on any atom is -0.396 e. The molecule has 3 aliphatic heterocycles. The van der Waals surface area contributed by atoms with Crippen molar-refractivity contribution in [2.75, 3.05) is 26.4 Å². The van der Waals surface area contributed by atoms with Crippen molar-refractivity contribution in [2.45, 2.75) is 254 Å². The first-order valence-electron chi connectivity index (χ1n) is 28.4. The molecule has 0 aromatic carbocycles. The van der Waals surface area contributed by atoms with Gasteiger partial charge in [-0.1, -0.05) is 53.2 Å². The van der Waals surface area contributed by atoms with Gasteiger partial charge >= 0.3 is 0 Å². The average Bonchev–Trinajstić information content (AvgIpc) is 3.21. The van der Waals surface area contributed by atoms with E-state index in [2.05, 4.69) is 47.6 Å². The van der Waals surface area contributed by atoms with Gasteiger partial charge in [0.1, 0.15) is 85.5 Å². The lowest BCUT2D eigenvalue weighted by molar-refractivity contribution is -0.377. The molecule has 30 atom stereocenters. The van der Waals surface area contributed by atoms with Gasteiger partial charge in [0.25, 0.3) is 0 Å². The van der Waals surface area contributed by atoms with Crippen molar-refractivity contribution in [3.05, 3.63) is 11.6 Å². The Morgan fingerprint density at radius 1 is 0.628 bits per heavy atom. The molecule has 8 aliphatic rings. The number of fused-ring (bicyclic) bond motifs is 5. The number of hydrogen-bond donors (Lipinski definition) is 16. The fraction of sp³-hybridized carbons (Fsp3) is 0.964. The van der Waals surface area contributed by atoms with E-state index in [-0.39, 0.29) is 47.3 Å². The predicted octanol–water partition coefficient (Wildman–Crippen LogP) is -2.57. The molecule has 452 valence electrons. The third-order valence-electron chi connectivity index (χ3n) is 21.3. The molecule has 0 aromatic rings. The van der Waals surface area contributed by atoms with E-state index in [1.165, 1.54) is 0 Å². The first kappa shape index (κ1) is 62.9. The maximum Gasteiger partial charge on any atom is 0.187 e. The molecule has 2 unspecified atom stereocenters. The normalized spacial score (nSPS) is 51.4. The van der Waals surface area contributed by atoms with Gasteiger partial charge in [0.15, 0.2) is 18.9 Å². The second kappa shape index (κ2) is 23.7. The standard InChI is InChI=1S/C55H94O23/c1-23(25-15-16-53(6)32-12-10-26-27(55(32,8)33(59)18-54(25,53)7)11-14-34(51(26,2)3)76-48-45(69)42(66)38(62)29(20-57)73-48)9-13-35(52(4,5)71)77-50-47(78-49-46(70)43(67)39(63)30(21-58)74-49)44(68)40(64)31(75-50)22-72-28-17-24(19-56)36(60)41(65)37(28)61/h10,23-25,27-50,56-71H,9,11-22H2,1-8H3/t23-,24-,25-,27-,28-,29-,30-,31?,32+,33-,34+,35-,36-,37+,38-,39-,40-,41+,42+,43+,44+,45-,46-,47-,48+,49+,50?,53+,54-,55+/m1/s1. The Labute approximate surface area is 456 Å². The summed E-state index contributed by atoms with van der Waals surface area (Å²) in [5.41, 5.74) is -2.01. The molecule has 3 saturated heterocycles. The van der Waals surface area contributed by atoms with Gasteiger partial charge < -0.3 is 115 Å². The van der Waals surface area contributed by atoms with E-state index in [9.17, 15) is 81.7 Å². The largest absolute Gasteiger partial charge is 0.396 e. The van der Waals surface area contributed by atoms with Crippen molar-refractivity contribution in [3.8, 4) is 0 Å². The molecule has 0 bridgehead atoms. The number of ether oxygens (including phenoxy) is 7. The average molecular weight is 1120 g/mol. The number of allylic oxidation sites excluding steroid dienone is 1. The first-order chi connectivity index (χ1) is 36.4. The third-order valence-corrected chi connectivity index (χ3v) is 21.3. The summed E-state index contributed by atoms with van der Waals surface area (Å²) in [5.74, 6) is -0.586. The summed E-state index contributed by atoms with van der Waals surface area (Å²) in [6, 6.07) is 0. The lowest BCUT2D eigenvalue weighted by atomic mass is 9.38. The molecule has 23 nitrogen and oxygen atoms in total. The van der Waals surface area contributed by atoms with Crippen LogP contribution in [0.5, 0.6) is 0 Å². The van der Waals surface area contributed by atoms with Crippen LogP contribution >= 0.6 is 0 Å².